The number of carboxylic acid groups (broad SMARTS) is 1. The quantitative estimate of drug-likeness (QED) is 0.311. The molecule has 2 aromatic rings. The molecular weight excluding hydrogens is 417 g/mol. The number of para-hydroxylation sites is 1. The van der Waals surface area contributed by atoms with Crippen LogP contribution in [0.1, 0.15) is 56.8 Å². The summed E-state index contributed by atoms with van der Waals surface area (Å²) in [6.45, 7) is 3.16. The summed E-state index contributed by atoms with van der Waals surface area (Å²) in [7, 11) is 0. The fourth-order valence-corrected chi connectivity index (χ4v) is 3.41. The third-order valence-corrected chi connectivity index (χ3v) is 5.32. The summed E-state index contributed by atoms with van der Waals surface area (Å²) >= 11 is 1.06. The number of carboxylic acids is 1. The zero-order valence-corrected chi connectivity index (χ0v) is 18.7. The van der Waals surface area contributed by atoms with Gasteiger partial charge in [-0.05, 0) is 63.4 Å². The van der Waals surface area contributed by atoms with E-state index in [4.69, 9.17) is 11.2 Å². The highest BCUT2D eigenvalue weighted by Crippen LogP contribution is 2.24. The molecule has 1 amide bonds. The first-order valence-corrected chi connectivity index (χ1v) is 11.3. The third-order valence-electron chi connectivity index (χ3n) is 4.60. The second-order valence-corrected chi connectivity index (χ2v) is 8.28. The summed E-state index contributed by atoms with van der Waals surface area (Å²) in [5.74, 6) is -0.540. The molecule has 0 aliphatic rings. The van der Waals surface area contributed by atoms with Crippen LogP contribution in [0.4, 0.5) is 4.39 Å². The number of unbranched alkanes of at least 4 members (excludes halogenated alkanes) is 2. The maximum Gasteiger partial charge on any atom is 0.303 e. The monoisotopic (exact) mass is 448 g/mol. The van der Waals surface area contributed by atoms with Crippen LogP contribution in [0.5, 0.6) is 5.75 Å². The van der Waals surface area contributed by atoms with E-state index >= 15 is 0 Å². The van der Waals surface area contributed by atoms with Crippen molar-refractivity contribution in [2.45, 2.75) is 57.0 Å². The molecule has 5 nitrogen and oxygen atoms in total. The van der Waals surface area contributed by atoms with Gasteiger partial charge < -0.3 is 14.7 Å². The Labute approximate surface area is 189 Å². The van der Waals surface area contributed by atoms with Gasteiger partial charge in [0.25, 0.3) is 5.91 Å². The molecule has 1 atom stereocenters. The lowest BCUT2D eigenvalue weighted by atomic mass is 10.1. The van der Waals surface area contributed by atoms with Gasteiger partial charge in [0.15, 0.2) is 0 Å². The summed E-state index contributed by atoms with van der Waals surface area (Å²) in [6.07, 6.45) is 2.19. The van der Waals surface area contributed by atoms with Crippen LogP contribution in [0.15, 0.2) is 53.4 Å². The number of alkyl halides is 1. The maximum absolute atomic E-state index is 13.2. The molecule has 0 bridgehead atoms. The van der Waals surface area contributed by atoms with Gasteiger partial charge in [0.1, 0.15) is 11.8 Å². The largest absolute Gasteiger partial charge is 0.493 e. The fourth-order valence-electron chi connectivity index (χ4n) is 2.95. The number of halogens is 1. The zero-order valence-electron chi connectivity index (χ0n) is 18.9. The number of hydrogen-bond donors (Lipinski definition) is 1. The highest BCUT2D eigenvalue weighted by Gasteiger charge is 2.20. The van der Waals surface area contributed by atoms with Crippen LogP contribution >= 0.6 is 11.8 Å². The second-order valence-electron chi connectivity index (χ2n) is 7.30. The van der Waals surface area contributed by atoms with Gasteiger partial charge in [0, 0.05) is 35.0 Å². The van der Waals surface area contributed by atoms with E-state index in [0.717, 1.165) is 23.1 Å². The molecule has 0 spiro atoms. The Hall–Kier alpha value is -2.54. The summed E-state index contributed by atoms with van der Waals surface area (Å²) in [4.78, 5) is 26.0. The van der Waals surface area contributed by atoms with Gasteiger partial charge in [-0.1, -0.05) is 30.0 Å². The molecule has 7 heteroatoms. The van der Waals surface area contributed by atoms with Gasteiger partial charge in [-0.25, -0.2) is 4.39 Å². The van der Waals surface area contributed by atoms with Crippen LogP contribution < -0.4 is 4.74 Å². The number of ether oxygens (including phenoxy) is 1. The predicted octanol–water partition coefficient (Wildman–Crippen LogP) is 5.78. The third kappa shape index (κ3) is 8.25. The van der Waals surface area contributed by atoms with Gasteiger partial charge in [-0.2, -0.15) is 0 Å². The normalized spacial score (nSPS) is 12.3. The molecule has 1 N–H and O–H groups in total. The van der Waals surface area contributed by atoms with Gasteiger partial charge in [0.2, 0.25) is 0 Å². The van der Waals surface area contributed by atoms with E-state index in [9.17, 15) is 14.0 Å². The lowest BCUT2D eigenvalue weighted by Crippen LogP contribution is -2.36. The second kappa shape index (κ2) is 13.0. The number of nitrogens with zero attached hydrogens (tertiary/aromatic N) is 1. The first-order valence-electron chi connectivity index (χ1n) is 10.9. The Morgan fingerprint density at radius 2 is 1.84 bits per heavy atom. The van der Waals surface area contributed by atoms with E-state index in [0.29, 0.717) is 36.3 Å². The molecule has 0 aliphatic heterocycles. The van der Waals surface area contributed by atoms with Crippen LogP contribution in [0.2, 0.25) is 0 Å². The summed E-state index contributed by atoms with van der Waals surface area (Å²) in [5, 5.41) is 8.71. The van der Waals surface area contributed by atoms with Crippen molar-refractivity contribution in [1.82, 2.24) is 4.90 Å². The van der Waals surface area contributed by atoms with Crippen molar-refractivity contribution in [1.29, 1.82) is 0 Å². The van der Waals surface area contributed by atoms with Crippen molar-refractivity contribution in [2.75, 3.05) is 12.6 Å². The van der Waals surface area contributed by atoms with Gasteiger partial charge in [0.05, 0.1) is 7.98 Å². The Bertz CT molecular complexity index is 879. The lowest BCUT2D eigenvalue weighted by molar-refractivity contribution is -0.137. The Kier molecular flexibility index (Phi) is 9.70. The first-order chi connectivity index (χ1) is 15.3. The van der Waals surface area contributed by atoms with Crippen LogP contribution in [0.25, 0.3) is 0 Å². The van der Waals surface area contributed by atoms with Crippen molar-refractivity contribution in [3.63, 3.8) is 0 Å². The molecule has 2 rings (SSSR count). The molecule has 2 aromatic carbocycles. The molecule has 0 saturated carbocycles. The highest BCUT2D eigenvalue weighted by atomic mass is 32.2. The maximum atomic E-state index is 13.2. The highest BCUT2D eigenvalue weighted by molar-refractivity contribution is 7.99. The molecule has 0 saturated heterocycles. The SMILES string of the molecule is [2H]C(c1ccccc1OCCCCCC(=O)O)N(C(=O)c1ccc(SCF)cc1)C(C)C. The number of carbonyl (C=O) groups is 2. The Balaban J connectivity index is 2.11. The van der Waals surface area contributed by atoms with Gasteiger partial charge >= 0.3 is 5.97 Å². The molecule has 0 fully saturated rings. The van der Waals surface area contributed by atoms with Crippen molar-refractivity contribution >= 4 is 23.6 Å². The van der Waals surface area contributed by atoms with E-state index in [1.54, 1.807) is 36.4 Å². The molecule has 1 unspecified atom stereocenters. The van der Waals surface area contributed by atoms with Gasteiger partial charge in [-0.15, -0.1) is 0 Å². The summed E-state index contributed by atoms with van der Waals surface area (Å²) in [6, 6.07) is 13.1. The lowest BCUT2D eigenvalue weighted by Gasteiger charge is -2.28. The number of carbonyl (C=O) groups excluding carboxylic acids is 1. The number of aliphatic carboxylic acids is 1. The summed E-state index contributed by atoms with van der Waals surface area (Å²) in [5.41, 5.74) is 1.03. The molecular formula is C24H30FNO4S. The molecule has 31 heavy (non-hydrogen) atoms. The average molecular weight is 449 g/mol. The minimum absolute atomic E-state index is 0.143. The van der Waals surface area contributed by atoms with Crippen LogP contribution in [-0.4, -0.2) is 40.5 Å². The van der Waals surface area contributed by atoms with E-state index in [1.165, 1.54) is 4.90 Å². The Morgan fingerprint density at radius 3 is 2.48 bits per heavy atom. The standard InChI is InChI=1S/C24H30FNO4S/c1-18(2)26(24(29)19-11-13-21(14-12-19)31-17-25)16-20-8-5-6-9-22(20)30-15-7-3-4-10-23(27)28/h5-6,8-9,11-14,18H,3-4,7,10,15-17H2,1-2H3,(H,27,28)/i16D. The van der Waals surface area contributed by atoms with E-state index in [1.807, 2.05) is 26.0 Å². The van der Waals surface area contributed by atoms with Crippen molar-refractivity contribution in [3.05, 3.63) is 59.7 Å². The average Bonchev–Trinajstić information content (AvgIpc) is 2.76. The van der Waals surface area contributed by atoms with Crippen LogP contribution in [-0.2, 0) is 11.3 Å². The zero-order chi connectivity index (χ0) is 23.5. The molecule has 0 radical (unpaired) electrons. The minimum Gasteiger partial charge on any atom is -0.493 e. The number of rotatable bonds is 13. The van der Waals surface area contributed by atoms with E-state index in [2.05, 4.69) is 0 Å². The van der Waals surface area contributed by atoms with Crippen molar-refractivity contribution in [3.8, 4) is 5.75 Å². The van der Waals surface area contributed by atoms with E-state index in [-0.39, 0.29) is 18.4 Å². The topological polar surface area (TPSA) is 66.8 Å². The minimum atomic E-state index is -0.967. The molecule has 168 valence electrons. The Morgan fingerprint density at radius 1 is 1.13 bits per heavy atom. The fraction of sp³-hybridized carbons (Fsp3) is 0.417. The molecule has 0 aliphatic carbocycles. The predicted molar refractivity (Wildman–Crippen MR) is 121 cm³/mol. The number of amides is 1. The van der Waals surface area contributed by atoms with Crippen LogP contribution in [0, 0.1) is 0 Å². The van der Waals surface area contributed by atoms with Crippen molar-refractivity contribution in [2.24, 2.45) is 0 Å². The number of hydrogen-bond acceptors (Lipinski definition) is 4. The summed E-state index contributed by atoms with van der Waals surface area (Å²) < 4.78 is 27.2. The first kappa shape index (κ1) is 23.1. The number of thioether (sulfide) groups is 1. The van der Waals surface area contributed by atoms with E-state index < -0.39 is 18.5 Å². The number of benzene rings is 2. The smallest absolute Gasteiger partial charge is 0.303 e. The van der Waals surface area contributed by atoms with Crippen LogP contribution in [0.3, 0.4) is 0 Å². The molecule has 0 aromatic heterocycles. The van der Waals surface area contributed by atoms with Crippen molar-refractivity contribution < 1.29 is 25.2 Å². The molecule has 0 heterocycles. The van der Waals surface area contributed by atoms with Gasteiger partial charge in [-0.3, -0.25) is 9.59 Å².